The number of hydrogen-bond acceptors (Lipinski definition) is 5. The summed E-state index contributed by atoms with van der Waals surface area (Å²) in [6, 6.07) is 13.3. The van der Waals surface area contributed by atoms with E-state index in [4.69, 9.17) is 4.74 Å². The van der Waals surface area contributed by atoms with E-state index in [9.17, 15) is 18.0 Å². The number of methoxy groups -OCH3 is 1. The Hall–Kier alpha value is -2.91. The van der Waals surface area contributed by atoms with Gasteiger partial charge in [-0.15, -0.1) is 0 Å². The van der Waals surface area contributed by atoms with Gasteiger partial charge < -0.3 is 15.4 Å². The Morgan fingerprint density at radius 1 is 0.967 bits per heavy atom. The molecule has 2 aromatic carbocycles. The van der Waals surface area contributed by atoms with Crippen molar-refractivity contribution >= 4 is 27.5 Å². The third-order valence-electron chi connectivity index (χ3n) is 4.88. The van der Waals surface area contributed by atoms with Crippen molar-refractivity contribution in [2.45, 2.75) is 24.2 Å². The van der Waals surface area contributed by atoms with Crippen LogP contribution in [0.1, 0.15) is 18.4 Å². The number of carbonyl (C=O) groups excluding carboxylic acids is 2. The number of anilines is 1. The lowest BCUT2D eigenvalue weighted by molar-refractivity contribution is -0.136. The highest BCUT2D eigenvalue weighted by Gasteiger charge is 2.26. The van der Waals surface area contributed by atoms with Crippen molar-refractivity contribution < 1.29 is 22.7 Å². The number of ether oxygens (including phenoxy) is 1. The zero-order valence-electron chi connectivity index (χ0n) is 16.8. The first kappa shape index (κ1) is 21.8. The number of nitrogens with one attached hydrogen (secondary N) is 2. The molecule has 0 spiro atoms. The second kappa shape index (κ2) is 9.73. The molecule has 0 radical (unpaired) electrons. The Bertz CT molecular complexity index is 982. The Morgan fingerprint density at radius 2 is 1.60 bits per heavy atom. The first-order valence-corrected chi connectivity index (χ1v) is 11.2. The molecule has 3 rings (SSSR count). The summed E-state index contributed by atoms with van der Waals surface area (Å²) in [6.07, 6.45) is 2.26. The maximum absolute atomic E-state index is 12.5. The van der Waals surface area contributed by atoms with Crippen LogP contribution in [-0.4, -0.2) is 51.3 Å². The number of nitrogens with zero attached hydrogens (tertiary/aromatic N) is 1. The van der Waals surface area contributed by atoms with E-state index in [1.165, 1.54) is 4.31 Å². The fourth-order valence-corrected chi connectivity index (χ4v) is 4.69. The van der Waals surface area contributed by atoms with Crippen molar-refractivity contribution in [1.82, 2.24) is 9.62 Å². The number of carbonyl (C=O) groups is 2. The summed E-state index contributed by atoms with van der Waals surface area (Å²) in [5.41, 5.74) is 1.36. The van der Waals surface area contributed by atoms with Crippen LogP contribution in [0.5, 0.6) is 5.75 Å². The number of benzene rings is 2. The van der Waals surface area contributed by atoms with Gasteiger partial charge in [0.05, 0.1) is 12.0 Å². The summed E-state index contributed by atoms with van der Waals surface area (Å²) < 4.78 is 31.6. The predicted molar refractivity (Wildman–Crippen MR) is 113 cm³/mol. The minimum atomic E-state index is -3.43. The summed E-state index contributed by atoms with van der Waals surface area (Å²) in [6.45, 7) is 1.39. The summed E-state index contributed by atoms with van der Waals surface area (Å²) >= 11 is 0. The Morgan fingerprint density at radius 3 is 2.20 bits per heavy atom. The fraction of sp³-hybridized carbons (Fsp3) is 0.333. The van der Waals surface area contributed by atoms with Crippen molar-refractivity contribution in [2.75, 3.05) is 32.1 Å². The molecule has 0 unspecified atom stereocenters. The normalized spacial score (nSPS) is 14.3. The van der Waals surface area contributed by atoms with E-state index in [0.717, 1.165) is 18.4 Å². The lowest BCUT2D eigenvalue weighted by atomic mass is 10.1. The van der Waals surface area contributed by atoms with Crippen LogP contribution in [0.4, 0.5) is 5.69 Å². The third-order valence-corrected chi connectivity index (χ3v) is 6.79. The SMILES string of the molecule is COc1ccc(NC(=O)C(=O)NCCc2ccc(S(=O)(=O)N3CCCC3)cc2)cc1. The largest absolute Gasteiger partial charge is 0.497 e. The van der Waals surface area contributed by atoms with Crippen LogP contribution < -0.4 is 15.4 Å². The van der Waals surface area contributed by atoms with Crippen LogP contribution >= 0.6 is 0 Å². The van der Waals surface area contributed by atoms with Gasteiger partial charge in [-0.05, 0) is 61.2 Å². The second-order valence-electron chi connectivity index (χ2n) is 6.94. The van der Waals surface area contributed by atoms with Crippen LogP contribution in [0.2, 0.25) is 0 Å². The number of sulfonamides is 1. The van der Waals surface area contributed by atoms with Gasteiger partial charge in [-0.2, -0.15) is 4.31 Å². The minimum absolute atomic E-state index is 0.257. The van der Waals surface area contributed by atoms with E-state index in [-0.39, 0.29) is 11.4 Å². The second-order valence-corrected chi connectivity index (χ2v) is 8.88. The van der Waals surface area contributed by atoms with Crippen LogP contribution in [0.15, 0.2) is 53.4 Å². The van der Waals surface area contributed by atoms with Gasteiger partial charge in [0.25, 0.3) is 0 Å². The lowest BCUT2D eigenvalue weighted by Crippen LogP contribution is -2.36. The molecule has 1 aliphatic rings. The highest BCUT2D eigenvalue weighted by atomic mass is 32.2. The molecular formula is C21H25N3O5S. The van der Waals surface area contributed by atoms with E-state index in [1.807, 2.05) is 0 Å². The zero-order valence-corrected chi connectivity index (χ0v) is 17.6. The van der Waals surface area contributed by atoms with Crippen molar-refractivity contribution in [3.05, 3.63) is 54.1 Å². The van der Waals surface area contributed by atoms with E-state index >= 15 is 0 Å². The maximum Gasteiger partial charge on any atom is 0.313 e. The summed E-state index contributed by atoms with van der Waals surface area (Å²) in [7, 11) is -1.89. The topological polar surface area (TPSA) is 105 Å². The van der Waals surface area contributed by atoms with Crippen LogP contribution in [0.25, 0.3) is 0 Å². The minimum Gasteiger partial charge on any atom is -0.497 e. The molecule has 0 atom stereocenters. The predicted octanol–water partition coefficient (Wildman–Crippen LogP) is 1.78. The molecular weight excluding hydrogens is 406 g/mol. The van der Waals surface area contributed by atoms with Crippen LogP contribution in [0, 0.1) is 0 Å². The molecule has 1 heterocycles. The van der Waals surface area contributed by atoms with Crippen molar-refractivity contribution in [3.8, 4) is 5.75 Å². The van der Waals surface area contributed by atoms with E-state index in [1.54, 1.807) is 55.6 Å². The molecule has 9 heteroatoms. The van der Waals surface area contributed by atoms with Gasteiger partial charge in [-0.1, -0.05) is 12.1 Å². The molecule has 2 N–H and O–H groups in total. The fourth-order valence-electron chi connectivity index (χ4n) is 3.17. The Labute approximate surface area is 176 Å². The Kier molecular flexibility index (Phi) is 7.07. The quantitative estimate of drug-likeness (QED) is 0.650. The highest BCUT2D eigenvalue weighted by Crippen LogP contribution is 2.21. The zero-order chi connectivity index (χ0) is 21.6. The third kappa shape index (κ3) is 5.37. The molecule has 1 aliphatic heterocycles. The van der Waals surface area contributed by atoms with Crippen molar-refractivity contribution in [3.63, 3.8) is 0 Å². The highest BCUT2D eigenvalue weighted by molar-refractivity contribution is 7.89. The van der Waals surface area contributed by atoms with Gasteiger partial charge in [0.1, 0.15) is 5.75 Å². The molecule has 8 nitrogen and oxygen atoms in total. The first-order valence-electron chi connectivity index (χ1n) is 9.72. The van der Waals surface area contributed by atoms with Gasteiger partial charge in [0.2, 0.25) is 10.0 Å². The van der Waals surface area contributed by atoms with Crippen LogP contribution in [0.3, 0.4) is 0 Å². The molecule has 0 bridgehead atoms. The first-order chi connectivity index (χ1) is 14.4. The number of hydrogen-bond donors (Lipinski definition) is 2. The average Bonchev–Trinajstić information content (AvgIpc) is 3.30. The summed E-state index contributed by atoms with van der Waals surface area (Å²) in [5.74, 6) is -0.844. The maximum atomic E-state index is 12.5. The molecule has 1 fully saturated rings. The van der Waals surface area contributed by atoms with Gasteiger partial charge in [0.15, 0.2) is 0 Å². The van der Waals surface area contributed by atoms with Gasteiger partial charge >= 0.3 is 11.8 Å². The standard InChI is InChI=1S/C21H25N3O5S/c1-29-18-8-6-17(7-9-18)23-21(26)20(25)22-13-12-16-4-10-19(11-5-16)30(27,28)24-14-2-3-15-24/h4-11H,2-3,12-15H2,1H3,(H,22,25)(H,23,26). The van der Waals surface area contributed by atoms with E-state index in [2.05, 4.69) is 10.6 Å². The Balaban J connectivity index is 1.47. The van der Waals surface area contributed by atoms with Crippen LogP contribution in [-0.2, 0) is 26.0 Å². The van der Waals surface area contributed by atoms with E-state index < -0.39 is 21.8 Å². The summed E-state index contributed by atoms with van der Waals surface area (Å²) in [4.78, 5) is 24.2. The molecule has 1 saturated heterocycles. The summed E-state index contributed by atoms with van der Waals surface area (Å²) in [5, 5.41) is 5.08. The molecule has 30 heavy (non-hydrogen) atoms. The smallest absolute Gasteiger partial charge is 0.313 e. The van der Waals surface area contributed by atoms with Gasteiger partial charge in [0, 0.05) is 25.3 Å². The number of amides is 2. The molecule has 0 saturated carbocycles. The lowest BCUT2D eigenvalue weighted by Gasteiger charge is -2.15. The number of rotatable bonds is 7. The van der Waals surface area contributed by atoms with Crippen molar-refractivity contribution in [2.24, 2.45) is 0 Å². The monoisotopic (exact) mass is 431 g/mol. The van der Waals surface area contributed by atoms with Gasteiger partial charge in [-0.25, -0.2) is 8.42 Å². The molecule has 0 aliphatic carbocycles. The molecule has 2 amide bonds. The molecule has 0 aromatic heterocycles. The van der Waals surface area contributed by atoms with Crippen molar-refractivity contribution in [1.29, 1.82) is 0 Å². The molecule has 160 valence electrons. The average molecular weight is 432 g/mol. The molecule has 2 aromatic rings. The van der Waals surface area contributed by atoms with E-state index in [0.29, 0.717) is 30.9 Å². The van der Waals surface area contributed by atoms with Gasteiger partial charge in [-0.3, -0.25) is 9.59 Å².